The molecule has 2 aliphatic rings. The van der Waals surface area contributed by atoms with Crippen LogP contribution < -0.4 is 0 Å². The van der Waals surface area contributed by atoms with Crippen molar-refractivity contribution in [1.29, 1.82) is 5.26 Å². The van der Waals surface area contributed by atoms with E-state index in [1.54, 1.807) is 0 Å². The van der Waals surface area contributed by atoms with E-state index in [9.17, 15) is 5.26 Å². The van der Waals surface area contributed by atoms with Crippen LogP contribution in [0.4, 0.5) is 0 Å². The van der Waals surface area contributed by atoms with Gasteiger partial charge >= 0.3 is 0 Å². The molecule has 2 fully saturated rings. The van der Waals surface area contributed by atoms with Crippen LogP contribution in [-0.2, 0) is 0 Å². The molecule has 0 amide bonds. The van der Waals surface area contributed by atoms with Gasteiger partial charge in [0.15, 0.2) is 0 Å². The summed E-state index contributed by atoms with van der Waals surface area (Å²) in [7, 11) is 0. The summed E-state index contributed by atoms with van der Waals surface area (Å²) in [6.45, 7) is 4.58. The van der Waals surface area contributed by atoms with E-state index in [0.29, 0.717) is 0 Å². The maximum atomic E-state index is 9.80. The van der Waals surface area contributed by atoms with Crippen molar-refractivity contribution >= 4 is 0 Å². The maximum absolute atomic E-state index is 9.80. The highest BCUT2D eigenvalue weighted by molar-refractivity contribution is 5.02. The number of hydrogen-bond acceptors (Lipinski definition) is 1. The molecule has 0 radical (unpaired) electrons. The van der Waals surface area contributed by atoms with Crippen molar-refractivity contribution in [3.8, 4) is 6.07 Å². The summed E-state index contributed by atoms with van der Waals surface area (Å²) in [4.78, 5) is 0. The van der Waals surface area contributed by atoms with Gasteiger partial charge in [-0.05, 0) is 62.7 Å². The van der Waals surface area contributed by atoms with E-state index in [4.69, 9.17) is 0 Å². The first-order valence-electron chi connectivity index (χ1n) is 12.1. The van der Waals surface area contributed by atoms with Crippen molar-refractivity contribution in [3.05, 3.63) is 0 Å². The Bertz CT molecular complexity index is 391. The van der Waals surface area contributed by atoms with E-state index in [-0.39, 0.29) is 5.41 Å². The minimum Gasteiger partial charge on any atom is -0.198 e. The third kappa shape index (κ3) is 6.90. The average Bonchev–Trinajstić information content (AvgIpc) is 2.70. The molecule has 0 unspecified atom stereocenters. The molecule has 0 aromatic heterocycles. The minimum atomic E-state index is 0.0424. The zero-order chi connectivity index (χ0) is 18.7. The van der Waals surface area contributed by atoms with Crippen LogP contribution in [0.25, 0.3) is 0 Å². The van der Waals surface area contributed by atoms with Gasteiger partial charge in [0.1, 0.15) is 0 Å². The molecule has 150 valence electrons. The van der Waals surface area contributed by atoms with Gasteiger partial charge in [-0.15, -0.1) is 0 Å². The fourth-order valence-corrected chi connectivity index (χ4v) is 5.78. The van der Waals surface area contributed by atoms with Crippen LogP contribution in [-0.4, -0.2) is 0 Å². The quantitative estimate of drug-likeness (QED) is 0.339. The van der Waals surface area contributed by atoms with Crippen molar-refractivity contribution < 1.29 is 0 Å². The molecule has 0 atom stereocenters. The molecule has 2 rings (SSSR count). The molecule has 1 heteroatoms. The van der Waals surface area contributed by atoms with Gasteiger partial charge in [-0.2, -0.15) is 5.26 Å². The lowest BCUT2D eigenvalue weighted by Crippen LogP contribution is -2.31. The average molecular weight is 360 g/mol. The highest BCUT2D eigenvalue weighted by atomic mass is 14.4. The number of nitrogens with zero attached hydrogens (tertiary/aromatic N) is 1. The lowest BCUT2D eigenvalue weighted by Gasteiger charge is -2.41. The van der Waals surface area contributed by atoms with Gasteiger partial charge in [-0.25, -0.2) is 0 Å². The molecule has 0 saturated heterocycles. The van der Waals surface area contributed by atoms with Gasteiger partial charge in [0.2, 0.25) is 0 Å². The van der Waals surface area contributed by atoms with Crippen LogP contribution >= 0.6 is 0 Å². The Hall–Kier alpha value is -0.510. The van der Waals surface area contributed by atoms with Gasteiger partial charge in [0.25, 0.3) is 0 Å². The van der Waals surface area contributed by atoms with Gasteiger partial charge in [0, 0.05) is 0 Å². The molecule has 0 bridgehead atoms. The van der Waals surface area contributed by atoms with Gasteiger partial charge in [-0.1, -0.05) is 84.5 Å². The highest BCUT2D eigenvalue weighted by Gasteiger charge is 2.38. The second-order valence-corrected chi connectivity index (χ2v) is 9.67. The van der Waals surface area contributed by atoms with Crippen molar-refractivity contribution in [2.75, 3.05) is 0 Å². The fourth-order valence-electron chi connectivity index (χ4n) is 5.78. The number of hydrogen-bond donors (Lipinski definition) is 0. The molecule has 2 saturated carbocycles. The fraction of sp³-hybridized carbons (Fsp3) is 0.960. The predicted molar refractivity (Wildman–Crippen MR) is 113 cm³/mol. The summed E-state index contributed by atoms with van der Waals surface area (Å²) in [6, 6.07) is 2.76. The SMILES string of the molecule is CCCCCCC1CCC(C2CCC(C#N)(CCCCCC)CC2)CC1. The Kier molecular flexibility index (Phi) is 10.1. The van der Waals surface area contributed by atoms with Crippen LogP contribution in [0, 0.1) is 34.5 Å². The minimum absolute atomic E-state index is 0.0424. The van der Waals surface area contributed by atoms with E-state index < -0.39 is 0 Å². The summed E-state index contributed by atoms with van der Waals surface area (Å²) in [5.74, 6) is 2.95. The smallest absolute Gasteiger partial charge is 0.0689 e. The normalized spacial score (nSPS) is 32.3. The molecule has 0 spiro atoms. The van der Waals surface area contributed by atoms with E-state index in [1.807, 2.05) is 0 Å². The second-order valence-electron chi connectivity index (χ2n) is 9.67. The second kappa shape index (κ2) is 12.0. The van der Waals surface area contributed by atoms with Crippen molar-refractivity contribution in [2.24, 2.45) is 23.2 Å². The summed E-state index contributed by atoms with van der Waals surface area (Å²) < 4.78 is 0. The van der Waals surface area contributed by atoms with Gasteiger partial charge in [-0.3, -0.25) is 0 Å². The largest absolute Gasteiger partial charge is 0.198 e. The van der Waals surface area contributed by atoms with Crippen LogP contribution in [0.5, 0.6) is 0 Å². The standard InChI is InChI=1S/C25H45N/c1-3-5-7-9-11-22-12-14-23(15-13-22)24-16-19-25(21-26,20-17-24)18-10-8-6-4-2/h22-24H,3-20H2,1-2H3. The molecule has 0 N–H and O–H groups in total. The van der Waals surface area contributed by atoms with E-state index >= 15 is 0 Å². The Labute approximate surface area is 164 Å². The third-order valence-corrected chi connectivity index (χ3v) is 7.76. The number of unbranched alkanes of at least 4 members (excludes halogenated alkanes) is 6. The first kappa shape index (κ1) is 21.8. The lowest BCUT2D eigenvalue weighted by atomic mass is 9.63. The summed E-state index contributed by atoms with van der Waals surface area (Å²) in [6.07, 6.45) is 24.6. The van der Waals surface area contributed by atoms with Crippen molar-refractivity contribution in [2.45, 2.75) is 129 Å². The Morgan fingerprint density at radius 1 is 0.731 bits per heavy atom. The molecule has 0 aromatic carbocycles. The first-order valence-corrected chi connectivity index (χ1v) is 12.1. The summed E-state index contributed by atoms with van der Waals surface area (Å²) in [5.41, 5.74) is 0.0424. The number of rotatable bonds is 11. The molecule has 2 aliphatic carbocycles. The monoisotopic (exact) mass is 359 g/mol. The first-order chi connectivity index (χ1) is 12.7. The molecule has 0 heterocycles. The van der Waals surface area contributed by atoms with E-state index in [1.165, 1.54) is 116 Å². The molecule has 1 nitrogen and oxygen atoms in total. The Balaban J connectivity index is 1.66. The van der Waals surface area contributed by atoms with Crippen LogP contribution in [0.1, 0.15) is 129 Å². The zero-order valence-corrected chi connectivity index (χ0v) is 17.9. The van der Waals surface area contributed by atoms with Crippen LogP contribution in [0.2, 0.25) is 0 Å². The lowest BCUT2D eigenvalue weighted by molar-refractivity contribution is 0.114. The van der Waals surface area contributed by atoms with Gasteiger partial charge < -0.3 is 0 Å². The zero-order valence-electron chi connectivity index (χ0n) is 17.9. The molecule has 26 heavy (non-hydrogen) atoms. The maximum Gasteiger partial charge on any atom is 0.0689 e. The van der Waals surface area contributed by atoms with E-state index in [0.717, 1.165) is 17.8 Å². The van der Waals surface area contributed by atoms with Crippen molar-refractivity contribution in [1.82, 2.24) is 0 Å². The van der Waals surface area contributed by atoms with Crippen LogP contribution in [0.15, 0.2) is 0 Å². The molecular formula is C25H45N. The summed E-state index contributed by atoms with van der Waals surface area (Å²) in [5, 5.41) is 9.80. The molecule has 0 aliphatic heterocycles. The number of nitriles is 1. The predicted octanol–water partition coefficient (Wildman–Crippen LogP) is 8.43. The molecule has 0 aromatic rings. The highest BCUT2D eigenvalue weighted by Crippen LogP contribution is 2.47. The van der Waals surface area contributed by atoms with Gasteiger partial charge in [0.05, 0.1) is 11.5 Å². The van der Waals surface area contributed by atoms with E-state index in [2.05, 4.69) is 19.9 Å². The Morgan fingerprint density at radius 3 is 1.88 bits per heavy atom. The van der Waals surface area contributed by atoms with Crippen LogP contribution in [0.3, 0.4) is 0 Å². The topological polar surface area (TPSA) is 23.8 Å². The molecular weight excluding hydrogens is 314 g/mol. The third-order valence-electron chi connectivity index (χ3n) is 7.76. The Morgan fingerprint density at radius 2 is 1.31 bits per heavy atom. The summed E-state index contributed by atoms with van der Waals surface area (Å²) >= 11 is 0. The van der Waals surface area contributed by atoms with Crippen molar-refractivity contribution in [3.63, 3.8) is 0 Å².